The summed E-state index contributed by atoms with van der Waals surface area (Å²) in [6, 6.07) is 16.1. The largest absolute Gasteiger partial charge is 0.0654 e. The molecule has 2 aromatic rings. The van der Waals surface area contributed by atoms with E-state index in [0.717, 1.165) is 0 Å². The third-order valence-electron chi connectivity index (χ3n) is 3.61. The summed E-state index contributed by atoms with van der Waals surface area (Å²) >= 11 is 0. The zero-order valence-electron chi connectivity index (χ0n) is 11.4. The highest BCUT2D eigenvalue weighted by Gasteiger charge is 1.99. The molecule has 2 rings (SSSR count). The van der Waals surface area contributed by atoms with E-state index in [1.165, 1.54) is 61.3 Å². The van der Waals surface area contributed by atoms with Gasteiger partial charge in [-0.1, -0.05) is 69.4 Å². The van der Waals surface area contributed by atoms with Gasteiger partial charge in [-0.15, -0.1) is 0 Å². The summed E-state index contributed by atoms with van der Waals surface area (Å²) in [7, 11) is 0. The van der Waals surface area contributed by atoms with E-state index in [-0.39, 0.29) is 0 Å². The lowest BCUT2D eigenvalue weighted by atomic mass is 9.99. The van der Waals surface area contributed by atoms with Crippen molar-refractivity contribution in [3.8, 4) is 0 Å². The van der Waals surface area contributed by atoms with Crippen LogP contribution in [0.2, 0.25) is 0 Å². The standard InChI is InChI=1S/C18H23/c1-2-3-4-5-6-7-11-16-13-10-14-17-12-8-9-15-18(16)17/h9-10,12-15H,2-7,11H2,1H3. The van der Waals surface area contributed by atoms with Gasteiger partial charge in [0.05, 0.1) is 0 Å². The summed E-state index contributed by atoms with van der Waals surface area (Å²) in [6.07, 6.45) is 9.43. The molecule has 0 heteroatoms. The van der Waals surface area contributed by atoms with Gasteiger partial charge in [0, 0.05) is 0 Å². The Balaban J connectivity index is 1.88. The van der Waals surface area contributed by atoms with Crippen molar-refractivity contribution in [2.24, 2.45) is 0 Å². The molecule has 0 amide bonds. The van der Waals surface area contributed by atoms with Crippen LogP contribution in [0.4, 0.5) is 0 Å². The quantitative estimate of drug-likeness (QED) is 0.556. The first-order valence-corrected chi connectivity index (χ1v) is 7.29. The van der Waals surface area contributed by atoms with Gasteiger partial charge in [-0.25, -0.2) is 0 Å². The second kappa shape index (κ2) is 7.20. The van der Waals surface area contributed by atoms with Crippen molar-refractivity contribution in [2.45, 2.75) is 51.9 Å². The van der Waals surface area contributed by atoms with Crippen LogP contribution in [0.25, 0.3) is 10.8 Å². The average molecular weight is 239 g/mol. The van der Waals surface area contributed by atoms with Gasteiger partial charge in [-0.05, 0) is 41.3 Å². The van der Waals surface area contributed by atoms with E-state index in [1.54, 1.807) is 0 Å². The Bertz CT molecular complexity index is 465. The lowest BCUT2D eigenvalue weighted by Gasteiger charge is -2.06. The maximum Gasteiger partial charge on any atom is -0.0151 e. The highest BCUT2D eigenvalue weighted by molar-refractivity contribution is 5.85. The fraction of sp³-hybridized carbons (Fsp3) is 0.444. The predicted octanol–water partition coefficient (Wildman–Crippen LogP) is 5.54. The molecule has 0 nitrogen and oxygen atoms in total. The maximum atomic E-state index is 3.15. The van der Waals surface area contributed by atoms with Crippen LogP contribution in [0, 0.1) is 6.07 Å². The Labute approximate surface area is 111 Å². The van der Waals surface area contributed by atoms with E-state index in [4.69, 9.17) is 0 Å². The zero-order chi connectivity index (χ0) is 12.6. The average Bonchev–Trinajstić information content (AvgIpc) is 2.43. The number of aryl methyl sites for hydroxylation is 1. The summed E-state index contributed by atoms with van der Waals surface area (Å²) in [5.74, 6) is 0. The molecule has 0 saturated heterocycles. The SMILES string of the molecule is CCCCCCCCc1cccc2c[c]ccc12. The van der Waals surface area contributed by atoms with Gasteiger partial charge in [0.15, 0.2) is 0 Å². The van der Waals surface area contributed by atoms with Gasteiger partial charge in [0.1, 0.15) is 0 Å². The zero-order valence-corrected chi connectivity index (χ0v) is 11.4. The Morgan fingerprint density at radius 3 is 2.67 bits per heavy atom. The van der Waals surface area contributed by atoms with Crippen molar-refractivity contribution in [1.29, 1.82) is 0 Å². The number of hydrogen-bond donors (Lipinski definition) is 0. The third-order valence-corrected chi connectivity index (χ3v) is 3.61. The molecule has 0 aromatic heterocycles. The summed E-state index contributed by atoms with van der Waals surface area (Å²) in [4.78, 5) is 0. The Morgan fingerprint density at radius 2 is 1.78 bits per heavy atom. The van der Waals surface area contributed by atoms with Gasteiger partial charge in [0.25, 0.3) is 0 Å². The van der Waals surface area contributed by atoms with E-state index >= 15 is 0 Å². The Hall–Kier alpha value is -1.30. The molecule has 2 aromatic carbocycles. The number of rotatable bonds is 7. The highest BCUT2D eigenvalue weighted by atomic mass is 14.0. The van der Waals surface area contributed by atoms with Crippen molar-refractivity contribution >= 4 is 10.8 Å². The predicted molar refractivity (Wildman–Crippen MR) is 79.9 cm³/mol. The van der Waals surface area contributed by atoms with Gasteiger partial charge >= 0.3 is 0 Å². The Morgan fingerprint density at radius 1 is 0.944 bits per heavy atom. The summed E-state index contributed by atoms with van der Waals surface area (Å²) in [5.41, 5.74) is 1.50. The van der Waals surface area contributed by atoms with Crippen molar-refractivity contribution < 1.29 is 0 Å². The second-order valence-corrected chi connectivity index (χ2v) is 5.08. The van der Waals surface area contributed by atoms with Crippen molar-refractivity contribution in [3.63, 3.8) is 0 Å². The summed E-state index contributed by atoms with van der Waals surface area (Å²) in [5, 5.41) is 2.73. The number of hydrogen-bond acceptors (Lipinski definition) is 0. The van der Waals surface area contributed by atoms with Gasteiger partial charge < -0.3 is 0 Å². The first kappa shape index (κ1) is 13.1. The smallest absolute Gasteiger partial charge is 0.0151 e. The fourth-order valence-corrected chi connectivity index (χ4v) is 2.55. The van der Waals surface area contributed by atoms with Crippen molar-refractivity contribution in [1.82, 2.24) is 0 Å². The van der Waals surface area contributed by atoms with Crippen LogP contribution in [0.1, 0.15) is 51.0 Å². The third kappa shape index (κ3) is 3.60. The van der Waals surface area contributed by atoms with Crippen molar-refractivity contribution in [2.75, 3.05) is 0 Å². The molecule has 0 saturated carbocycles. The fourth-order valence-electron chi connectivity index (χ4n) is 2.55. The van der Waals surface area contributed by atoms with Gasteiger partial charge in [0.2, 0.25) is 0 Å². The minimum absolute atomic E-state index is 1.22. The van der Waals surface area contributed by atoms with E-state index < -0.39 is 0 Å². The van der Waals surface area contributed by atoms with E-state index in [9.17, 15) is 0 Å². The first-order valence-electron chi connectivity index (χ1n) is 7.29. The molecule has 0 aliphatic heterocycles. The summed E-state index contributed by atoms with van der Waals surface area (Å²) in [6.45, 7) is 2.27. The molecule has 95 valence electrons. The highest BCUT2D eigenvalue weighted by Crippen LogP contribution is 2.20. The molecule has 0 aliphatic rings. The number of benzene rings is 2. The maximum absolute atomic E-state index is 3.15. The molecule has 0 spiro atoms. The second-order valence-electron chi connectivity index (χ2n) is 5.08. The van der Waals surface area contributed by atoms with Crippen LogP contribution in [-0.2, 0) is 6.42 Å². The van der Waals surface area contributed by atoms with Gasteiger partial charge in [-0.3, -0.25) is 0 Å². The lowest BCUT2D eigenvalue weighted by Crippen LogP contribution is -1.88. The first-order chi connectivity index (χ1) is 8.92. The van der Waals surface area contributed by atoms with Crippen LogP contribution in [-0.4, -0.2) is 0 Å². The molecular formula is C18H23. The van der Waals surface area contributed by atoms with E-state index in [1.807, 2.05) is 6.07 Å². The van der Waals surface area contributed by atoms with Crippen LogP contribution < -0.4 is 0 Å². The number of unbranched alkanes of at least 4 members (excludes halogenated alkanes) is 5. The molecule has 0 atom stereocenters. The Kier molecular flexibility index (Phi) is 5.26. The molecule has 0 bridgehead atoms. The molecular weight excluding hydrogens is 216 g/mol. The van der Waals surface area contributed by atoms with E-state index in [2.05, 4.69) is 43.3 Å². The van der Waals surface area contributed by atoms with Crippen LogP contribution in [0.3, 0.4) is 0 Å². The lowest BCUT2D eigenvalue weighted by molar-refractivity contribution is 0.608. The normalized spacial score (nSPS) is 10.9. The van der Waals surface area contributed by atoms with Crippen molar-refractivity contribution in [3.05, 3.63) is 48.0 Å². The molecule has 18 heavy (non-hydrogen) atoms. The van der Waals surface area contributed by atoms with Crippen LogP contribution in [0.5, 0.6) is 0 Å². The topological polar surface area (TPSA) is 0 Å². The molecule has 1 radical (unpaired) electrons. The number of fused-ring (bicyclic) bond motifs is 1. The molecule has 0 heterocycles. The van der Waals surface area contributed by atoms with Crippen LogP contribution >= 0.6 is 0 Å². The minimum atomic E-state index is 1.22. The molecule has 0 fully saturated rings. The summed E-state index contributed by atoms with van der Waals surface area (Å²) < 4.78 is 0. The molecule has 0 unspecified atom stereocenters. The van der Waals surface area contributed by atoms with Crippen LogP contribution in [0.15, 0.2) is 36.4 Å². The van der Waals surface area contributed by atoms with Gasteiger partial charge in [-0.2, -0.15) is 0 Å². The minimum Gasteiger partial charge on any atom is -0.0654 e. The monoisotopic (exact) mass is 239 g/mol. The molecule has 0 N–H and O–H groups in total. The van der Waals surface area contributed by atoms with E-state index in [0.29, 0.717) is 0 Å². The molecule has 0 aliphatic carbocycles.